The Morgan fingerprint density at radius 3 is 1.25 bits per heavy atom. The highest BCUT2D eigenvalue weighted by molar-refractivity contribution is 6.25. The van der Waals surface area contributed by atoms with E-state index in [0.29, 0.717) is 0 Å². The predicted octanol–water partition coefficient (Wildman–Crippen LogP) is -1.28. The Kier molecular flexibility index (Phi) is 2.78. The molecule has 0 bridgehead atoms. The van der Waals surface area contributed by atoms with Gasteiger partial charge in [0, 0.05) is 0 Å². The molecule has 0 saturated carbocycles. The molecule has 0 N–H and O–H groups in total. The molecule has 0 nitrogen and oxygen atoms in total. The third-order valence-electron chi connectivity index (χ3n) is 0.333. The topological polar surface area (TPSA) is 0 Å². The van der Waals surface area contributed by atoms with Gasteiger partial charge in [0.25, 0.3) is 0 Å². The average molecular weight is 51.7 g/mol. The second-order valence-electron chi connectivity index (χ2n) is 0.667. The minimum atomic E-state index is 2.00. The summed E-state index contributed by atoms with van der Waals surface area (Å²) >= 11 is 0. The van der Waals surface area contributed by atoms with Crippen LogP contribution in [0.5, 0.6) is 0 Å². The van der Waals surface area contributed by atoms with Crippen molar-refractivity contribution in [3.8, 4) is 0 Å². The number of rotatable bonds is 0. The molecule has 0 atom stereocenters. The fraction of sp³-hybridized carbons (Fsp3) is 0. The van der Waals surface area contributed by atoms with E-state index < -0.39 is 0 Å². The van der Waals surface area contributed by atoms with Crippen molar-refractivity contribution in [2.45, 2.75) is 0 Å². The zero-order valence-electron chi connectivity index (χ0n) is 3.15. The van der Waals surface area contributed by atoms with Crippen LogP contribution in [0, 0.1) is 0 Å². The molecule has 2 heteroatoms. The molecule has 0 aromatic rings. The van der Waals surface area contributed by atoms with Crippen LogP contribution in [0.3, 0.4) is 0 Å². The van der Waals surface area contributed by atoms with Crippen molar-refractivity contribution in [1.29, 1.82) is 0 Å². The lowest BCUT2D eigenvalue weighted by atomic mass is 10.0. The van der Waals surface area contributed by atoms with Gasteiger partial charge in [-0.3, -0.25) is 0 Å². The van der Waals surface area contributed by atoms with Crippen LogP contribution in [-0.4, -0.2) is 15.7 Å². The lowest BCUT2D eigenvalue weighted by Gasteiger charge is -1.47. The van der Waals surface area contributed by atoms with Crippen molar-refractivity contribution < 1.29 is 0 Å². The molecule has 0 spiro atoms. The van der Waals surface area contributed by atoms with Crippen LogP contribution in [0.4, 0.5) is 0 Å². The molecule has 20 valence electrons. The zero-order chi connectivity index (χ0) is 3.41. The third-order valence-corrected chi connectivity index (χ3v) is 0.333. The van der Waals surface area contributed by atoms with Gasteiger partial charge in [-0.05, 0) is 0 Å². The van der Waals surface area contributed by atoms with Crippen molar-refractivity contribution in [1.82, 2.24) is 0 Å². The summed E-state index contributed by atoms with van der Waals surface area (Å²) in [5, 5.41) is 0. The fourth-order valence-electron chi connectivity index (χ4n) is 0. The summed E-state index contributed by atoms with van der Waals surface area (Å²) in [5.41, 5.74) is 0. The number of hydrogen-bond donors (Lipinski definition) is 0. The van der Waals surface area contributed by atoms with E-state index >= 15 is 0 Å². The van der Waals surface area contributed by atoms with E-state index in [1.54, 1.807) is 0 Å². The Bertz CT molecular complexity index is 19.2. The van der Waals surface area contributed by atoms with Gasteiger partial charge in [0.15, 0.2) is 0 Å². The summed E-state index contributed by atoms with van der Waals surface area (Å²) in [6.45, 7) is 0. The maximum Gasteiger partial charge on any atom is 0.128 e. The van der Waals surface area contributed by atoms with Crippen LogP contribution in [0.2, 0.25) is 0 Å². The first-order chi connectivity index (χ1) is 1.91. The molecule has 0 aromatic heterocycles. The molecule has 0 heterocycles. The summed E-state index contributed by atoms with van der Waals surface area (Å²) in [6, 6.07) is 0. The van der Waals surface area contributed by atoms with Crippen molar-refractivity contribution in [3.63, 3.8) is 0 Å². The smallest absolute Gasteiger partial charge is 0.128 e. The van der Waals surface area contributed by atoms with Crippen LogP contribution >= 0.6 is 0 Å². The van der Waals surface area contributed by atoms with Crippen LogP contribution in [0.1, 0.15) is 0 Å². The lowest BCUT2D eigenvalue weighted by Crippen LogP contribution is -1.47. The van der Waals surface area contributed by atoms with E-state index in [0.717, 1.165) is 0 Å². The molecular weight excluding hydrogens is 45.6 g/mol. The molecule has 0 amide bonds. The third kappa shape index (κ3) is 1.87. The van der Waals surface area contributed by atoms with Gasteiger partial charge in [-0.15, -0.1) is 12.0 Å². The van der Waals surface area contributed by atoms with Gasteiger partial charge in [-0.2, -0.15) is 0 Å². The molecule has 0 aliphatic carbocycles. The first-order valence-corrected chi connectivity index (χ1v) is 1.49. The van der Waals surface area contributed by atoms with E-state index in [4.69, 9.17) is 0 Å². The van der Waals surface area contributed by atoms with Crippen molar-refractivity contribution in [2.24, 2.45) is 0 Å². The second kappa shape index (κ2) is 2.87. The molecule has 0 aliphatic rings. The van der Waals surface area contributed by atoms with Gasteiger partial charge in [-0.1, -0.05) is 0 Å². The summed E-state index contributed by atoms with van der Waals surface area (Å²) < 4.78 is 0. The van der Waals surface area contributed by atoms with E-state index in [2.05, 4.69) is 0 Å². The summed E-state index contributed by atoms with van der Waals surface area (Å²) in [7, 11) is 4.00. The summed E-state index contributed by atoms with van der Waals surface area (Å²) in [5.74, 6) is 4.00. The normalized spacial score (nSPS) is 9.00. The summed E-state index contributed by atoms with van der Waals surface area (Å²) in [4.78, 5) is 0. The van der Waals surface area contributed by atoms with Crippen LogP contribution in [-0.2, 0) is 0 Å². The van der Waals surface area contributed by atoms with Crippen molar-refractivity contribution in [2.75, 3.05) is 0 Å². The van der Waals surface area contributed by atoms with Gasteiger partial charge in [0.05, 0.1) is 0 Å². The molecule has 0 saturated heterocycles. The average Bonchev–Trinajstić information content (AvgIpc) is 1.37. The fourth-order valence-corrected chi connectivity index (χ4v) is 0. The van der Waals surface area contributed by atoms with E-state index in [1.165, 1.54) is 0 Å². The highest BCUT2D eigenvalue weighted by Gasteiger charge is 1.37. The maximum atomic E-state index is 2.00. The highest BCUT2D eigenvalue weighted by atomic mass is 13.1. The van der Waals surface area contributed by atoms with E-state index in [9.17, 15) is 0 Å². The first kappa shape index (κ1) is 3.87. The number of hydrogen-bond acceptors (Lipinski definition) is 0. The Morgan fingerprint density at radius 2 is 1.25 bits per heavy atom. The van der Waals surface area contributed by atoms with Gasteiger partial charge < -0.3 is 0 Å². The summed E-state index contributed by atoms with van der Waals surface area (Å²) in [6.07, 6.45) is 0. The Labute approximate surface area is 28.7 Å². The van der Waals surface area contributed by atoms with Crippen LogP contribution < -0.4 is 0 Å². The van der Waals surface area contributed by atoms with E-state index in [-0.39, 0.29) is 0 Å². The largest absolute Gasteiger partial charge is 0.137 e. The van der Waals surface area contributed by atoms with Crippen LogP contribution in [0.25, 0.3) is 0 Å². The zero-order valence-corrected chi connectivity index (χ0v) is 3.15. The molecule has 0 fully saturated rings. The monoisotopic (exact) mass is 52.1 g/mol. The molecular formula is C2H6B2. The molecule has 4 heavy (non-hydrogen) atoms. The molecule has 0 rings (SSSR count). The van der Waals surface area contributed by atoms with Gasteiger partial charge in [-0.25, -0.2) is 0 Å². The first-order valence-electron chi connectivity index (χ1n) is 1.49. The Morgan fingerprint density at radius 1 is 1.00 bits per heavy atom. The molecule has 0 unspecified atom stereocenters. The van der Waals surface area contributed by atoms with Gasteiger partial charge >= 0.3 is 0 Å². The predicted molar refractivity (Wildman–Crippen MR) is 26.2 cm³/mol. The van der Waals surface area contributed by atoms with E-state index in [1.807, 2.05) is 27.6 Å². The van der Waals surface area contributed by atoms with Gasteiger partial charge in [0.1, 0.15) is 15.7 Å². The lowest BCUT2D eigenvalue weighted by molar-refractivity contribution is 2.50. The van der Waals surface area contributed by atoms with Crippen LogP contribution in [0.15, 0.2) is 12.0 Å². The van der Waals surface area contributed by atoms with Crippen molar-refractivity contribution in [3.05, 3.63) is 12.0 Å². The minimum Gasteiger partial charge on any atom is -0.137 e. The maximum absolute atomic E-state index is 2.00. The van der Waals surface area contributed by atoms with Crippen molar-refractivity contribution >= 4 is 15.7 Å². The Hall–Kier alpha value is -0.130. The minimum absolute atomic E-state index is 2.00. The molecule has 0 radical (unpaired) electrons. The SMILES string of the molecule is BC=CB. The highest BCUT2D eigenvalue weighted by Crippen LogP contribution is 1.42. The quantitative estimate of drug-likeness (QED) is 0.301. The molecule has 0 aliphatic heterocycles. The Balaban J connectivity index is 2.55. The second-order valence-corrected chi connectivity index (χ2v) is 0.667. The molecule has 0 aromatic carbocycles. The van der Waals surface area contributed by atoms with Gasteiger partial charge in [0.2, 0.25) is 0 Å². The standard InChI is InChI=1S/C2H6B2/c3-1-2-4/h1-2H,3-4H2.